The number of carbonyl (C=O) groups excluding carboxylic acids is 2. The lowest BCUT2D eigenvalue weighted by Crippen LogP contribution is -2.53. The SMILES string of the molecule is CCC(C(=O)NC(C)(C)C)N(Cc1ccc(C)cc1)C(=O)CCSc1ccccc1. The second-order valence-corrected chi connectivity index (χ2v) is 9.75. The molecule has 0 heterocycles. The molecular formula is C25H34N2O2S. The van der Waals surface area contributed by atoms with Gasteiger partial charge in [0.1, 0.15) is 6.04 Å². The average Bonchev–Trinajstić information content (AvgIpc) is 2.68. The number of rotatable bonds is 9. The predicted molar refractivity (Wildman–Crippen MR) is 125 cm³/mol. The van der Waals surface area contributed by atoms with Gasteiger partial charge in [0.15, 0.2) is 0 Å². The zero-order valence-corrected chi connectivity index (χ0v) is 19.6. The van der Waals surface area contributed by atoms with Crippen molar-refractivity contribution in [2.75, 3.05) is 5.75 Å². The molecule has 0 saturated carbocycles. The van der Waals surface area contributed by atoms with Gasteiger partial charge in [0.25, 0.3) is 0 Å². The summed E-state index contributed by atoms with van der Waals surface area (Å²) in [4.78, 5) is 29.1. The second kappa shape index (κ2) is 11.2. The third kappa shape index (κ3) is 7.86. The molecule has 0 aliphatic heterocycles. The number of benzene rings is 2. The van der Waals surface area contributed by atoms with Crippen LogP contribution in [0.5, 0.6) is 0 Å². The fourth-order valence-electron chi connectivity index (χ4n) is 3.18. The molecule has 0 saturated heterocycles. The summed E-state index contributed by atoms with van der Waals surface area (Å²) in [5.74, 6) is 0.598. The molecule has 162 valence electrons. The number of thioether (sulfide) groups is 1. The van der Waals surface area contributed by atoms with Gasteiger partial charge in [-0.2, -0.15) is 0 Å². The van der Waals surface area contributed by atoms with Crippen LogP contribution in [0.4, 0.5) is 0 Å². The molecule has 0 aliphatic carbocycles. The fourth-order valence-corrected chi connectivity index (χ4v) is 4.04. The van der Waals surface area contributed by atoms with E-state index in [-0.39, 0.29) is 17.4 Å². The highest BCUT2D eigenvalue weighted by Gasteiger charge is 2.30. The Morgan fingerprint density at radius 2 is 1.67 bits per heavy atom. The monoisotopic (exact) mass is 426 g/mol. The second-order valence-electron chi connectivity index (χ2n) is 8.58. The molecule has 1 N–H and O–H groups in total. The van der Waals surface area contributed by atoms with Crippen molar-refractivity contribution in [3.05, 3.63) is 65.7 Å². The van der Waals surface area contributed by atoms with E-state index in [0.29, 0.717) is 25.1 Å². The van der Waals surface area contributed by atoms with Crippen LogP contribution < -0.4 is 5.32 Å². The summed E-state index contributed by atoms with van der Waals surface area (Å²) in [6.45, 7) is 10.3. The Morgan fingerprint density at radius 3 is 2.23 bits per heavy atom. The van der Waals surface area contributed by atoms with Crippen molar-refractivity contribution < 1.29 is 9.59 Å². The van der Waals surface area contributed by atoms with Gasteiger partial charge < -0.3 is 10.2 Å². The highest BCUT2D eigenvalue weighted by molar-refractivity contribution is 7.99. The van der Waals surface area contributed by atoms with Gasteiger partial charge >= 0.3 is 0 Å². The lowest BCUT2D eigenvalue weighted by molar-refractivity contribution is -0.141. The Bertz CT molecular complexity index is 813. The van der Waals surface area contributed by atoms with Crippen LogP contribution in [0.15, 0.2) is 59.5 Å². The molecule has 0 bridgehead atoms. The molecule has 5 heteroatoms. The van der Waals surface area contributed by atoms with E-state index in [0.717, 1.165) is 10.5 Å². The van der Waals surface area contributed by atoms with Gasteiger partial charge in [-0.05, 0) is 51.8 Å². The summed E-state index contributed by atoms with van der Waals surface area (Å²) in [7, 11) is 0. The lowest BCUT2D eigenvalue weighted by Gasteiger charge is -2.33. The van der Waals surface area contributed by atoms with E-state index in [4.69, 9.17) is 0 Å². The minimum Gasteiger partial charge on any atom is -0.350 e. The quantitative estimate of drug-likeness (QED) is 0.561. The molecule has 2 aromatic carbocycles. The van der Waals surface area contributed by atoms with E-state index in [1.165, 1.54) is 5.56 Å². The maximum atomic E-state index is 13.2. The van der Waals surface area contributed by atoms with E-state index in [2.05, 4.69) is 5.32 Å². The molecule has 0 fully saturated rings. The number of nitrogens with zero attached hydrogens (tertiary/aromatic N) is 1. The molecule has 2 aromatic rings. The van der Waals surface area contributed by atoms with Gasteiger partial charge in [0.05, 0.1) is 0 Å². The molecule has 1 atom stereocenters. The Balaban J connectivity index is 2.14. The van der Waals surface area contributed by atoms with Gasteiger partial charge in [0, 0.05) is 29.2 Å². The molecule has 0 aromatic heterocycles. The number of hydrogen-bond acceptors (Lipinski definition) is 3. The number of amides is 2. The summed E-state index contributed by atoms with van der Waals surface area (Å²) in [6, 6.07) is 17.7. The van der Waals surface area contributed by atoms with Crippen LogP contribution in [0.25, 0.3) is 0 Å². The highest BCUT2D eigenvalue weighted by Crippen LogP contribution is 2.20. The van der Waals surface area contributed by atoms with Crippen LogP contribution in [-0.2, 0) is 16.1 Å². The standard InChI is InChI=1S/C25H34N2O2S/c1-6-22(24(29)26-25(3,4)5)27(18-20-14-12-19(2)13-15-20)23(28)16-17-30-21-10-8-7-9-11-21/h7-15,22H,6,16-18H2,1-5H3,(H,26,29). The third-order valence-corrected chi connectivity index (χ3v) is 5.70. The molecule has 1 unspecified atom stereocenters. The topological polar surface area (TPSA) is 49.4 Å². The Morgan fingerprint density at radius 1 is 1.03 bits per heavy atom. The van der Waals surface area contributed by atoms with Crippen molar-refractivity contribution in [3.63, 3.8) is 0 Å². The van der Waals surface area contributed by atoms with Crippen molar-refractivity contribution in [1.82, 2.24) is 10.2 Å². The van der Waals surface area contributed by atoms with Crippen LogP contribution in [0.2, 0.25) is 0 Å². The molecule has 0 aliphatic rings. The van der Waals surface area contributed by atoms with Gasteiger partial charge in [-0.1, -0.05) is 55.0 Å². The molecular weight excluding hydrogens is 392 g/mol. The van der Waals surface area contributed by atoms with Crippen molar-refractivity contribution in [3.8, 4) is 0 Å². The molecule has 30 heavy (non-hydrogen) atoms. The van der Waals surface area contributed by atoms with Gasteiger partial charge in [-0.15, -0.1) is 11.8 Å². The van der Waals surface area contributed by atoms with Crippen LogP contribution in [-0.4, -0.2) is 34.0 Å². The number of hydrogen-bond donors (Lipinski definition) is 1. The van der Waals surface area contributed by atoms with Gasteiger partial charge in [-0.3, -0.25) is 9.59 Å². The number of carbonyl (C=O) groups is 2. The Kier molecular flexibility index (Phi) is 8.97. The van der Waals surface area contributed by atoms with E-state index in [1.54, 1.807) is 16.7 Å². The first-order valence-corrected chi connectivity index (χ1v) is 11.5. The maximum Gasteiger partial charge on any atom is 0.243 e. The van der Waals surface area contributed by atoms with Crippen molar-refractivity contribution in [1.29, 1.82) is 0 Å². The Hall–Kier alpha value is -2.27. The number of aryl methyl sites for hydroxylation is 1. The van der Waals surface area contributed by atoms with E-state index in [1.807, 2.05) is 89.2 Å². The smallest absolute Gasteiger partial charge is 0.243 e. The van der Waals surface area contributed by atoms with Gasteiger partial charge in [0.2, 0.25) is 11.8 Å². The Labute approximate surface area is 185 Å². The van der Waals surface area contributed by atoms with Crippen molar-refractivity contribution in [2.24, 2.45) is 0 Å². The molecule has 2 rings (SSSR count). The normalized spacial score (nSPS) is 12.3. The maximum absolute atomic E-state index is 13.2. The predicted octanol–water partition coefficient (Wildman–Crippen LogP) is 5.20. The zero-order chi connectivity index (χ0) is 22.1. The van der Waals surface area contributed by atoms with E-state index in [9.17, 15) is 9.59 Å². The first kappa shape index (κ1) is 24.0. The summed E-state index contributed by atoms with van der Waals surface area (Å²) in [6.07, 6.45) is 0.968. The van der Waals surface area contributed by atoms with Crippen LogP contribution >= 0.6 is 11.8 Å². The van der Waals surface area contributed by atoms with Crippen LogP contribution in [0.1, 0.15) is 51.7 Å². The van der Waals surface area contributed by atoms with Crippen molar-refractivity contribution in [2.45, 2.75) is 70.5 Å². The largest absolute Gasteiger partial charge is 0.350 e. The molecule has 2 amide bonds. The fraction of sp³-hybridized carbons (Fsp3) is 0.440. The van der Waals surface area contributed by atoms with Crippen LogP contribution in [0.3, 0.4) is 0 Å². The summed E-state index contributed by atoms with van der Waals surface area (Å²) in [5.41, 5.74) is 1.87. The third-order valence-electron chi connectivity index (χ3n) is 4.69. The molecule has 0 radical (unpaired) electrons. The minimum absolute atomic E-state index is 0.00918. The van der Waals surface area contributed by atoms with E-state index < -0.39 is 6.04 Å². The lowest BCUT2D eigenvalue weighted by atomic mass is 10.0. The average molecular weight is 427 g/mol. The first-order valence-electron chi connectivity index (χ1n) is 10.5. The minimum atomic E-state index is -0.486. The van der Waals surface area contributed by atoms with Gasteiger partial charge in [-0.25, -0.2) is 0 Å². The molecule has 0 spiro atoms. The highest BCUT2D eigenvalue weighted by atomic mass is 32.2. The summed E-state index contributed by atoms with van der Waals surface area (Å²) in [5, 5.41) is 3.04. The van der Waals surface area contributed by atoms with Crippen LogP contribution in [0, 0.1) is 6.92 Å². The number of nitrogens with one attached hydrogen (secondary N) is 1. The summed E-state index contributed by atoms with van der Waals surface area (Å²) < 4.78 is 0. The molecule has 4 nitrogen and oxygen atoms in total. The zero-order valence-electron chi connectivity index (χ0n) is 18.8. The summed E-state index contributed by atoms with van der Waals surface area (Å²) >= 11 is 1.66. The van der Waals surface area contributed by atoms with E-state index >= 15 is 0 Å². The van der Waals surface area contributed by atoms with Crippen molar-refractivity contribution >= 4 is 23.6 Å². The first-order chi connectivity index (χ1) is 14.2.